The largest absolute Gasteiger partial charge is 0.393 e. The molecule has 1 atom stereocenters. The summed E-state index contributed by atoms with van der Waals surface area (Å²) in [5.74, 6) is -1.51. The van der Waals surface area contributed by atoms with Crippen molar-refractivity contribution in [2.75, 3.05) is 38.6 Å². The van der Waals surface area contributed by atoms with E-state index in [9.17, 15) is 19.3 Å². The number of benzene rings is 1. The smallest absolute Gasteiger partial charge is 0.295 e. The number of morpholine rings is 1. The first kappa shape index (κ1) is 19.1. The maximum Gasteiger partial charge on any atom is 0.295 e. The number of nitrogen functional groups attached to an aromatic ring is 1. The number of amides is 1. The predicted octanol–water partition coefficient (Wildman–Crippen LogP) is 1.55. The van der Waals surface area contributed by atoms with Gasteiger partial charge in [-0.1, -0.05) is 6.92 Å². The van der Waals surface area contributed by atoms with E-state index < -0.39 is 22.3 Å². The summed E-state index contributed by atoms with van der Waals surface area (Å²) in [6.45, 7) is 7.13. The highest BCUT2D eigenvalue weighted by atomic mass is 19.1. The van der Waals surface area contributed by atoms with Gasteiger partial charge in [0, 0.05) is 25.2 Å². The van der Waals surface area contributed by atoms with Gasteiger partial charge < -0.3 is 15.8 Å². The van der Waals surface area contributed by atoms with E-state index in [1.807, 2.05) is 13.8 Å². The number of nitro benzene ring substituents is 1. The van der Waals surface area contributed by atoms with E-state index in [2.05, 4.69) is 10.2 Å². The van der Waals surface area contributed by atoms with Crippen LogP contribution in [0.25, 0.3) is 0 Å². The van der Waals surface area contributed by atoms with Crippen molar-refractivity contribution >= 4 is 17.3 Å². The lowest BCUT2D eigenvalue weighted by atomic mass is 9.95. The first-order valence-electron chi connectivity index (χ1n) is 8.13. The van der Waals surface area contributed by atoms with Gasteiger partial charge >= 0.3 is 0 Å². The van der Waals surface area contributed by atoms with Crippen LogP contribution in [0.2, 0.25) is 0 Å². The number of carbonyl (C=O) groups excluding carboxylic acids is 1. The number of halogens is 1. The maximum absolute atomic E-state index is 13.6. The fraction of sp³-hybridized carbons (Fsp3) is 0.562. The highest BCUT2D eigenvalue weighted by Gasteiger charge is 2.32. The van der Waals surface area contributed by atoms with Crippen molar-refractivity contribution in [1.82, 2.24) is 10.2 Å². The Bertz CT molecular complexity index is 664. The molecule has 1 saturated heterocycles. The zero-order valence-electron chi connectivity index (χ0n) is 14.4. The van der Waals surface area contributed by atoms with E-state index >= 15 is 0 Å². The van der Waals surface area contributed by atoms with Gasteiger partial charge in [0.1, 0.15) is 11.5 Å². The molecule has 0 aromatic heterocycles. The van der Waals surface area contributed by atoms with Crippen molar-refractivity contribution in [3.05, 3.63) is 33.6 Å². The van der Waals surface area contributed by atoms with Gasteiger partial charge in [-0.2, -0.15) is 0 Å². The Kier molecular flexibility index (Phi) is 5.91. The van der Waals surface area contributed by atoms with Crippen molar-refractivity contribution in [2.45, 2.75) is 25.8 Å². The molecule has 138 valence electrons. The summed E-state index contributed by atoms with van der Waals surface area (Å²) < 4.78 is 18.9. The van der Waals surface area contributed by atoms with Crippen LogP contribution in [-0.2, 0) is 4.74 Å². The third-order valence-electron chi connectivity index (χ3n) is 4.73. The SMILES string of the molecule is CC[C@](C)(CNC(=O)c1cc(F)cc([N+](=O)[O-])c1N)N1CCOCC1. The van der Waals surface area contributed by atoms with Crippen molar-refractivity contribution in [3.8, 4) is 0 Å². The van der Waals surface area contributed by atoms with Crippen molar-refractivity contribution < 1.29 is 18.8 Å². The number of hydrogen-bond donors (Lipinski definition) is 2. The second kappa shape index (κ2) is 7.75. The van der Waals surface area contributed by atoms with E-state index in [1.165, 1.54) is 0 Å². The monoisotopic (exact) mass is 354 g/mol. The molecule has 1 aliphatic heterocycles. The fourth-order valence-corrected chi connectivity index (χ4v) is 2.87. The minimum atomic E-state index is -0.877. The first-order chi connectivity index (χ1) is 11.8. The van der Waals surface area contributed by atoms with Crippen LogP contribution in [0.5, 0.6) is 0 Å². The number of nitrogens with zero attached hydrogens (tertiary/aromatic N) is 2. The van der Waals surface area contributed by atoms with Crippen molar-refractivity contribution in [3.63, 3.8) is 0 Å². The van der Waals surface area contributed by atoms with Gasteiger partial charge in [-0.15, -0.1) is 0 Å². The summed E-state index contributed by atoms with van der Waals surface area (Å²) in [6.07, 6.45) is 0.784. The minimum absolute atomic E-state index is 0.230. The average Bonchev–Trinajstić information content (AvgIpc) is 2.61. The van der Waals surface area contributed by atoms with Crippen LogP contribution < -0.4 is 11.1 Å². The van der Waals surface area contributed by atoms with Crippen LogP contribution in [0.3, 0.4) is 0 Å². The quantitative estimate of drug-likeness (QED) is 0.455. The molecule has 0 spiro atoms. The molecule has 1 aromatic rings. The molecule has 9 heteroatoms. The third-order valence-corrected chi connectivity index (χ3v) is 4.73. The molecule has 0 unspecified atom stereocenters. The molecule has 0 aliphatic carbocycles. The second-order valence-corrected chi connectivity index (χ2v) is 6.28. The summed E-state index contributed by atoms with van der Waals surface area (Å²) >= 11 is 0. The highest BCUT2D eigenvalue weighted by molar-refractivity contribution is 6.01. The van der Waals surface area contributed by atoms with Crippen LogP contribution in [0.15, 0.2) is 12.1 Å². The summed E-state index contributed by atoms with van der Waals surface area (Å²) in [5, 5.41) is 13.7. The molecule has 0 radical (unpaired) electrons. The molecular weight excluding hydrogens is 331 g/mol. The Morgan fingerprint density at radius 1 is 1.48 bits per heavy atom. The van der Waals surface area contributed by atoms with Crippen LogP contribution >= 0.6 is 0 Å². The van der Waals surface area contributed by atoms with Crippen LogP contribution in [0.4, 0.5) is 15.8 Å². The minimum Gasteiger partial charge on any atom is -0.393 e. The van der Waals surface area contributed by atoms with Crippen LogP contribution in [0, 0.1) is 15.9 Å². The molecular formula is C16H23FN4O4. The van der Waals surface area contributed by atoms with Crippen LogP contribution in [0.1, 0.15) is 30.6 Å². The van der Waals surface area contributed by atoms with E-state index in [-0.39, 0.29) is 16.8 Å². The van der Waals surface area contributed by atoms with E-state index in [4.69, 9.17) is 10.5 Å². The van der Waals surface area contributed by atoms with E-state index in [1.54, 1.807) is 0 Å². The number of ether oxygens (including phenoxy) is 1. The molecule has 1 aromatic carbocycles. The number of rotatable bonds is 6. The van der Waals surface area contributed by atoms with E-state index in [0.717, 1.165) is 25.6 Å². The number of nitrogens with two attached hydrogens (primary N) is 1. The number of anilines is 1. The fourth-order valence-electron chi connectivity index (χ4n) is 2.87. The predicted molar refractivity (Wildman–Crippen MR) is 90.9 cm³/mol. The van der Waals surface area contributed by atoms with Crippen molar-refractivity contribution in [2.24, 2.45) is 0 Å². The Labute approximate surface area is 145 Å². The first-order valence-corrected chi connectivity index (χ1v) is 8.13. The molecule has 0 saturated carbocycles. The molecule has 2 rings (SSSR count). The van der Waals surface area contributed by atoms with Gasteiger partial charge in [0.05, 0.1) is 29.8 Å². The van der Waals surface area contributed by atoms with E-state index in [0.29, 0.717) is 25.8 Å². The van der Waals surface area contributed by atoms with Gasteiger partial charge in [-0.25, -0.2) is 4.39 Å². The maximum atomic E-state index is 13.6. The Balaban J connectivity index is 2.15. The molecule has 0 bridgehead atoms. The van der Waals surface area contributed by atoms with Gasteiger partial charge in [-0.3, -0.25) is 19.8 Å². The molecule has 1 fully saturated rings. The van der Waals surface area contributed by atoms with Crippen LogP contribution in [-0.4, -0.2) is 54.1 Å². The van der Waals surface area contributed by atoms with Gasteiger partial charge in [-0.05, 0) is 19.4 Å². The third kappa shape index (κ3) is 4.23. The summed E-state index contributed by atoms with van der Waals surface area (Å²) in [6, 6.07) is 1.62. The molecule has 3 N–H and O–H groups in total. The topological polar surface area (TPSA) is 111 Å². The lowest BCUT2D eigenvalue weighted by Crippen LogP contribution is -2.56. The average molecular weight is 354 g/mol. The molecule has 1 heterocycles. The zero-order valence-corrected chi connectivity index (χ0v) is 14.4. The Hall–Kier alpha value is -2.26. The summed E-state index contributed by atoms with van der Waals surface area (Å²) in [7, 11) is 0. The summed E-state index contributed by atoms with van der Waals surface area (Å²) in [4.78, 5) is 24.8. The highest BCUT2D eigenvalue weighted by Crippen LogP contribution is 2.27. The molecule has 25 heavy (non-hydrogen) atoms. The van der Waals surface area contributed by atoms with Gasteiger partial charge in [0.25, 0.3) is 11.6 Å². The lowest BCUT2D eigenvalue weighted by Gasteiger charge is -2.43. The number of carbonyl (C=O) groups is 1. The normalized spacial score (nSPS) is 17.7. The standard InChI is InChI=1S/C16H23FN4O4/c1-3-16(2,20-4-6-25-7-5-20)10-19-15(22)12-8-11(17)9-13(14(12)18)21(23)24/h8-9H,3-7,10,18H2,1-2H3,(H,19,22)/t16-/m1/s1. The van der Waals surface area contributed by atoms with Gasteiger partial charge in [0.2, 0.25) is 0 Å². The second-order valence-electron chi connectivity index (χ2n) is 6.28. The number of nitrogens with one attached hydrogen (secondary N) is 1. The zero-order chi connectivity index (χ0) is 18.6. The Morgan fingerprint density at radius 3 is 2.68 bits per heavy atom. The molecule has 1 aliphatic rings. The molecule has 1 amide bonds. The number of nitro groups is 1. The van der Waals surface area contributed by atoms with Gasteiger partial charge in [0.15, 0.2) is 0 Å². The van der Waals surface area contributed by atoms with Crippen molar-refractivity contribution in [1.29, 1.82) is 0 Å². The number of hydrogen-bond acceptors (Lipinski definition) is 6. The molecule has 8 nitrogen and oxygen atoms in total. The summed E-state index contributed by atoms with van der Waals surface area (Å²) in [5.41, 5.74) is 4.19. The Morgan fingerprint density at radius 2 is 2.12 bits per heavy atom. The lowest BCUT2D eigenvalue weighted by molar-refractivity contribution is -0.384.